The maximum absolute atomic E-state index is 11.9. The third-order valence-corrected chi connectivity index (χ3v) is 2.92. The molecule has 0 unspecified atom stereocenters. The van der Waals surface area contributed by atoms with Crippen LogP contribution in [0.25, 0.3) is 0 Å². The Morgan fingerprint density at radius 1 is 1.53 bits per heavy atom. The molecule has 5 heteroatoms. The van der Waals surface area contributed by atoms with Crippen LogP contribution in [0, 0.1) is 13.8 Å². The lowest BCUT2D eigenvalue weighted by Crippen LogP contribution is -2.45. The highest BCUT2D eigenvalue weighted by atomic mass is 35.5. The lowest BCUT2D eigenvalue weighted by Gasteiger charge is -2.23. The predicted molar refractivity (Wildman–Crippen MR) is 68.8 cm³/mol. The maximum atomic E-state index is 11.9. The van der Waals surface area contributed by atoms with E-state index in [-0.39, 0.29) is 24.4 Å². The van der Waals surface area contributed by atoms with Gasteiger partial charge < -0.3 is 15.1 Å². The van der Waals surface area contributed by atoms with Gasteiger partial charge in [0.25, 0.3) is 5.91 Å². The Hall–Kier alpha value is -1.000. The quantitative estimate of drug-likeness (QED) is 0.851. The van der Waals surface area contributed by atoms with Crippen molar-refractivity contribution in [2.45, 2.75) is 32.7 Å². The Morgan fingerprint density at radius 2 is 2.29 bits per heavy atom. The number of halogens is 1. The lowest BCUT2D eigenvalue weighted by molar-refractivity contribution is 0.0929. The molecule has 1 saturated heterocycles. The van der Waals surface area contributed by atoms with Crippen LogP contribution in [0.4, 0.5) is 0 Å². The van der Waals surface area contributed by atoms with Crippen molar-refractivity contribution in [2.24, 2.45) is 0 Å². The van der Waals surface area contributed by atoms with Crippen LogP contribution in [0.15, 0.2) is 10.5 Å². The first-order chi connectivity index (χ1) is 7.66. The maximum Gasteiger partial charge on any atom is 0.255 e. The van der Waals surface area contributed by atoms with Crippen molar-refractivity contribution in [2.75, 3.05) is 13.1 Å². The molecule has 4 nitrogen and oxygen atoms in total. The van der Waals surface area contributed by atoms with E-state index in [1.807, 2.05) is 13.8 Å². The van der Waals surface area contributed by atoms with E-state index in [0.29, 0.717) is 11.3 Å². The molecule has 0 radical (unpaired) electrons. The summed E-state index contributed by atoms with van der Waals surface area (Å²) < 4.78 is 5.35. The van der Waals surface area contributed by atoms with E-state index >= 15 is 0 Å². The van der Waals surface area contributed by atoms with E-state index in [0.717, 1.165) is 31.7 Å². The molecule has 0 bridgehead atoms. The van der Waals surface area contributed by atoms with Crippen LogP contribution in [0.5, 0.6) is 0 Å². The minimum absolute atomic E-state index is 0. The number of hydrogen-bond acceptors (Lipinski definition) is 3. The number of piperidine rings is 1. The Kier molecular flexibility index (Phi) is 5.02. The number of rotatable bonds is 2. The summed E-state index contributed by atoms with van der Waals surface area (Å²) in [6, 6.07) is 2.04. The topological polar surface area (TPSA) is 54.3 Å². The van der Waals surface area contributed by atoms with Crippen LogP contribution in [0.2, 0.25) is 0 Å². The number of amides is 1. The van der Waals surface area contributed by atoms with Gasteiger partial charge in [0, 0.05) is 12.6 Å². The smallest absolute Gasteiger partial charge is 0.255 e. The van der Waals surface area contributed by atoms with Crippen molar-refractivity contribution in [3.05, 3.63) is 23.2 Å². The molecule has 0 aromatic carbocycles. The standard InChI is InChI=1S/C12H18N2O2.ClH/c1-8-6-11(9(2)16-8)12(15)14-10-4-3-5-13-7-10;/h6,10,13H,3-5,7H2,1-2H3,(H,14,15);1H/t10-;/m1./s1. The zero-order valence-electron chi connectivity index (χ0n) is 10.2. The van der Waals surface area contributed by atoms with Crippen LogP contribution < -0.4 is 10.6 Å². The van der Waals surface area contributed by atoms with Gasteiger partial charge in [-0.1, -0.05) is 0 Å². The molecule has 2 heterocycles. The van der Waals surface area contributed by atoms with Crippen LogP contribution in [-0.2, 0) is 0 Å². The van der Waals surface area contributed by atoms with Crippen molar-refractivity contribution in [1.82, 2.24) is 10.6 Å². The lowest BCUT2D eigenvalue weighted by atomic mass is 10.1. The summed E-state index contributed by atoms with van der Waals surface area (Å²) in [6.45, 7) is 5.59. The van der Waals surface area contributed by atoms with Gasteiger partial charge in [-0.05, 0) is 39.3 Å². The molecule has 0 saturated carbocycles. The zero-order chi connectivity index (χ0) is 11.5. The first-order valence-corrected chi connectivity index (χ1v) is 5.75. The molecular weight excluding hydrogens is 240 g/mol. The summed E-state index contributed by atoms with van der Waals surface area (Å²) in [5.74, 6) is 1.45. The highest BCUT2D eigenvalue weighted by Crippen LogP contribution is 2.14. The van der Waals surface area contributed by atoms with Gasteiger partial charge in [0.1, 0.15) is 11.5 Å². The SMILES string of the molecule is Cc1cc(C(=O)N[C@@H]2CCCNC2)c(C)o1.Cl. The van der Waals surface area contributed by atoms with Crippen molar-refractivity contribution >= 4 is 18.3 Å². The van der Waals surface area contributed by atoms with Crippen molar-refractivity contribution in [1.29, 1.82) is 0 Å². The fourth-order valence-electron chi connectivity index (χ4n) is 2.09. The number of carbonyl (C=O) groups excluding carboxylic acids is 1. The van der Waals surface area contributed by atoms with Gasteiger partial charge in [-0.3, -0.25) is 4.79 Å². The Balaban J connectivity index is 0.00000144. The van der Waals surface area contributed by atoms with E-state index in [2.05, 4.69) is 10.6 Å². The first kappa shape index (κ1) is 14.1. The fourth-order valence-corrected chi connectivity index (χ4v) is 2.09. The zero-order valence-corrected chi connectivity index (χ0v) is 11.0. The van der Waals surface area contributed by atoms with Crippen molar-refractivity contribution in [3.8, 4) is 0 Å². The molecule has 2 N–H and O–H groups in total. The predicted octanol–water partition coefficient (Wildman–Crippen LogP) is 1.80. The second kappa shape index (κ2) is 6.07. The number of hydrogen-bond donors (Lipinski definition) is 2. The fraction of sp³-hybridized carbons (Fsp3) is 0.583. The number of carbonyl (C=O) groups is 1. The molecule has 17 heavy (non-hydrogen) atoms. The van der Waals surface area contributed by atoms with Gasteiger partial charge in [0.05, 0.1) is 5.56 Å². The molecule has 1 aliphatic rings. The van der Waals surface area contributed by atoms with Gasteiger partial charge in [-0.2, -0.15) is 0 Å². The molecular formula is C12H19ClN2O2. The molecule has 1 aromatic heterocycles. The molecule has 2 rings (SSSR count). The highest BCUT2D eigenvalue weighted by Gasteiger charge is 2.19. The molecule has 1 aromatic rings. The van der Waals surface area contributed by atoms with Gasteiger partial charge in [-0.15, -0.1) is 12.4 Å². The van der Waals surface area contributed by atoms with E-state index in [1.165, 1.54) is 0 Å². The van der Waals surface area contributed by atoms with E-state index in [1.54, 1.807) is 6.07 Å². The Bertz CT molecular complexity index is 384. The largest absolute Gasteiger partial charge is 0.466 e. The first-order valence-electron chi connectivity index (χ1n) is 5.75. The summed E-state index contributed by atoms with van der Waals surface area (Å²) >= 11 is 0. The minimum Gasteiger partial charge on any atom is -0.466 e. The third kappa shape index (κ3) is 3.48. The summed E-state index contributed by atoms with van der Waals surface area (Å²) in [5.41, 5.74) is 0.656. The summed E-state index contributed by atoms with van der Waals surface area (Å²) in [4.78, 5) is 11.9. The number of nitrogens with one attached hydrogen (secondary N) is 2. The molecule has 1 fully saturated rings. The summed E-state index contributed by atoms with van der Waals surface area (Å²) in [7, 11) is 0. The van der Waals surface area contributed by atoms with E-state index in [9.17, 15) is 4.79 Å². The van der Waals surface area contributed by atoms with Crippen LogP contribution >= 0.6 is 12.4 Å². The van der Waals surface area contributed by atoms with Gasteiger partial charge in [0.2, 0.25) is 0 Å². The van der Waals surface area contributed by atoms with Crippen LogP contribution in [0.3, 0.4) is 0 Å². The number of furan rings is 1. The average molecular weight is 259 g/mol. The van der Waals surface area contributed by atoms with Crippen molar-refractivity contribution < 1.29 is 9.21 Å². The average Bonchev–Trinajstić information content (AvgIpc) is 2.59. The normalized spacial score (nSPS) is 19.5. The van der Waals surface area contributed by atoms with Crippen molar-refractivity contribution in [3.63, 3.8) is 0 Å². The second-order valence-corrected chi connectivity index (χ2v) is 4.34. The van der Waals surface area contributed by atoms with Crippen LogP contribution in [0.1, 0.15) is 34.7 Å². The van der Waals surface area contributed by atoms with E-state index < -0.39 is 0 Å². The van der Waals surface area contributed by atoms with Gasteiger partial charge >= 0.3 is 0 Å². The molecule has 0 spiro atoms. The highest BCUT2D eigenvalue weighted by molar-refractivity contribution is 5.95. The summed E-state index contributed by atoms with van der Waals surface area (Å²) in [6.07, 6.45) is 2.17. The molecule has 0 aliphatic carbocycles. The summed E-state index contributed by atoms with van der Waals surface area (Å²) in [5, 5.41) is 6.30. The molecule has 1 amide bonds. The number of aryl methyl sites for hydroxylation is 2. The Morgan fingerprint density at radius 3 is 2.82 bits per heavy atom. The van der Waals surface area contributed by atoms with E-state index in [4.69, 9.17) is 4.42 Å². The molecule has 1 atom stereocenters. The van der Waals surface area contributed by atoms with Crippen LogP contribution in [-0.4, -0.2) is 25.0 Å². The molecule has 96 valence electrons. The van der Waals surface area contributed by atoms with Gasteiger partial charge in [-0.25, -0.2) is 0 Å². The third-order valence-electron chi connectivity index (χ3n) is 2.92. The minimum atomic E-state index is -0.0250. The monoisotopic (exact) mass is 258 g/mol. The van der Waals surface area contributed by atoms with Gasteiger partial charge in [0.15, 0.2) is 0 Å². The second-order valence-electron chi connectivity index (χ2n) is 4.34. The molecule has 1 aliphatic heterocycles. The Labute approximate surface area is 108 Å².